The van der Waals surface area contributed by atoms with Gasteiger partial charge in [0.05, 0.1) is 17.6 Å². The van der Waals surface area contributed by atoms with Gasteiger partial charge in [-0.2, -0.15) is 0 Å². The molecule has 1 aromatic heterocycles. The Kier molecular flexibility index (Phi) is 3.21. The first-order valence-electron chi connectivity index (χ1n) is 6.65. The summed E-state index contributed by atoms with van der Waals surface area (Å²) in [6, 6.07) is 8.53. The molecular formula is C14H19N5. The van der Waals surface area contributed by atoms with Crippen LogP contribution in [0, 0.1) is 6.92 Å². The summed E-state index contributed by atoms with van der Waals surface area (Å²) in [7, 11) is 2.17. The molecule has 0 atom stereocenters. The highest BCUT2D eigenvalue weighted by Gasteiger charge is 2.14. The monoisotopic (exact) mass is 257 g/mol. The largest absolute Gasteiger partial charge is 0.369 e. The number of benzene rings is 1. The van der Waals surface area contributed by atoms with Gasteiger partial charge in [-0.3, -0.25) is 0 Å². The maximum atomic E-state index is 4.08. The van der Waals surface area contributed by atoms with Gasteiger partial charge in [0.2, 0.25) is 0 Å². The SMILES string of the molecule is Cc1cn(-c2ccc(N3CCN(C)CC3)cc2)nn1. The Morgan fingerprint density at radius 1 is 0.947 bits per heavy atom. The van der Waals surface area contributed by atoms with Crippen molar-refractivity contribution in [3.63, 3.8) is 0 Å². The molecule has 0 saturated carbocycles. The summed E-state index contributed by atoms with van der Waals surface area (Å²) < 4.78 is 1.81. The van der Waals surface area contributed by atoms with E-state index in [4.69, 9.17) is 0 Å². The first-order chi connectivity index (χ1) is 9.22. The van der Waals surface area contributed by atoms with Crippen LogP contribution in [-0.2, 0) is 0 Å². The Bertz CT molecular complexity index is 537. The van der Waals surface area contributed by atoms with Crippen LogP contribution < -0.4 is 4.90 Å². The number of hydrogen-bond donors (Lipinski definition) is 0. The molecule has 2 heterocycles. The smallest absolute Gasteiger partial charge is 0.0800 e. The van der Waals surface area contributed by atoms with Crippen LogP contribution in [0.1, 0.15) is 5.69 Å². The Balaban J connectivity index is 1.75. The van der Waals surface area contributed by atoms with Gasteiger partial charge in [-0.05, 0) is 38.2 Å². The standard InChI is InChI=1S/C14H19N5/c1-12-11-19(16-15-12)14-5-3-13(4-6-14)18-9-7-17(2)8-10-18/h3-6,11H,7-10H2,1-2H3. The topological polar surface area (TPSA) is 37.2 Å². The molecule has 1 saturated heterocycles. The van der Waals surface area contributed by atoms with E-state index in [-0.39, 0.29) is 0 Å². The number of nitrogens with zero attached hydrogens (tertiary/aromatic N) is 5. The van der Waals surface area contributed by atoms with Crippen LogP contribution in [0.4, 0.5) is 5.69 Å². The third-order valence-electron chi connectivity index (χ3n) is 3.59. The lowest BCUT2D eigenvalue weighted by atomic mass is 10.2. The van der Waals surface area contributed by atoms with Gasteiger partial charge >= 0.3 is 0 Å². The first-order valence-corrected chi connectivity index (χ1v) is 6.65. The van der Waals surface area contributed by atoms with Gasteiger partial charge in [-0.1, -0.05) is 5.21 Å². The Labute approximate surface area is 113 Å². The molecule has 1 aliphatic rings. The first kappa shape index (κ1) is 12.2. The average Bonchev–Trinajstić information content (AvgIpc) is 2.87. The summed E-state index contributed by atoms with van der Waals surface area (Å²) in [5.74, 6) is 0. The molecule has 0 spiro atoms. The van der Waals surface area contributed by atoms with Crippen molar-refractivity contribution in [2.75, 3.05) is 38.1 Å². The van der Waals surface area contributed by atoms with Crippen LogP contribution in [0.25, 0.3) is 5.69 Å². The second kappa shape index (κ2) is 5.01. The van der Waals surface area contributed by atoms with E-state index in [0.717, 1.165) is 37.6 Å². The zero-order chi connectivity index (χ0) is 13.2. The molecule has 5 heteroatoms. The van der Waals surface area contributed by atoms with E-state index in [2.05, 4.69) is 51.4 Å². The van der Waals surface area contributed by atoms with Crippen molar-refractivity contribution in [1.82, 2.24) is 19.9 Å². The van der Waals surface area contributed by atoms with Crippen LogP contribution >= 0.6 is 0 Å². The van der Waals surface area contributed by atoms with Crippen molar-refractivity contribution in [3.8, 4) is 5.69 Å². The van der Waals surface area contributed by atoms with E-state index in [9.17, 15) is 0 Å². The molecule has 0 bridgehead atoms. The minimum atomic E-state index is 0.933. The lowest BCUT2D eigenvalue weighted by molar-refractivity contribution is 0.313. The molecule has 1 aromatic carbocycles. The lowest BCUT2D eigenvalue weighted by Gasteiger charge is -2.34. The zero-order valence-corrected chi connectivity index (χ0v) is 11.5. The summed E-state index contributed by atoms with van der Waals surface area (Å²) >= 11 is 0. The average molecular weight is 257 g/mol. The van der Waals surface area contributed by atoms with Gasteiger partial charge in [-0.25, -0.2) is 4.68 Å². The quantitative estimate of drug-likeness (QED) is 0.813. The van der Waals surface area contributed by atoms with Crippen LogP contribution in [0.2, 0.25) is 0 Å². The molecular weight excluding hydrogens is 238 g/mol. The Morgan fingerprint density at radius 2 is 1.58 bits per heavy atom. The van der Waals surface area contributed by atoms with E-state index in [0.29, 0.717) is 0 Å². The molecule has 0 N–H and O–H groups in total. The van der Waals surface area contributed by atoms with Crippen LogP contribution in [0.3, 0.4) is 0 Å². The highest BCUT2D eigenvalue weighted by molar-refractivity contribution is 5.51. The summed E-state index contributed by atoms with van der Waals surface area (Å²) in [6.45, 7) is 6.40. The van der Waals surface area contributed by atoms with Crippen molar-refractivity contribution in [2.24, 2.45) is 0 Å². The van der Waals surface area contributed by atoms with Crippen molar-refractivity contribution < 1.29 is 0 Å². The number of anilines is 1. The van der Waals surface area contributed by atoms with E-state index in [1.807, 2.05) is 17.8 Å². The zero-order valence-electron chi connectivity index (χ0n) is 11.5. The Hall–Kier alpha value is -1.88. The van der Waals surface area contributed by atoms with Gasteiger partial charge in [0.15, 0.2) is 0 Å². The van der Waals surface area contributed by atoms with Crippen molar-refractivity contribution in [1.29, 1.82) is 0 Å². The number of likely N-dealkylation sites (N-methyl/N-ethyl adjacent to an activating group) is 1. The third-order valence-corrected chi connectivity index (χ3v) is 3.59. The maximum Gasteiger partial charge on any atom is 0.0800 e. The summed E-state index contributed by atoms with van der Waals surface area (Å²) in [5.41, 5.74) is 3.27. The molecule has 0 aliphatic carbocycles. The fourth-order valence-electron chi connectivity index (χ4n) is 2.35. The fourth-order valence-corrected chi connectivity index (χ4v) is 2.35. The van der Waals surface area contributed by atoms with Crippen molar-refractivity contribution >= 4 is 5.69 Å². The maximum absolute atomic E-state index is 4.08. The number of piperazine rings is 1. The molecule has 5 nitrogen and oxygen atoms in total. The molecule has 0 amide bonds. The second-order valence-electron chi connectivity index (χ2n) is 5.11. The molecule has 3 rings (SSSR count). The number of aromatic nitrogens is 3. The van der Waals surface area contributed by atoms with Crippen molar-refractivity contribution in [3.05, 3.63) is 36.2 Å². The molecule has 0 unspecified atom stereocenters. The molecule has 1 aliphatic heterocycles. The molecule has 0 radical (unpaired) electrons. The van der Waals surface area contributed by atoms with Crippen LogP contribution in [0.15, 0.2) is 30.5 Å². The third kappa shape index (κ3) is 2.61. The predicted octanol–water partition coefficient (Wildman–Crippen LogP) is 1.33. The summed E-state index contributed by atoms with van der Waals surface area (Å²) in [4.78, 5) is 4.79. The highest BCUT2D eigenvalue weighted by Crippen LogP contribution is 2.18. The van der Waals surface area contributed by atoms with Gasteiger partial charge in [0, 0.05) is 31.9 Å². The van der Waals surface area contributed by atoms with Crippen molar-refractivity contribution in [2.45, 2.75) is 6.92 Å². The second-order valence-corrected chi connectivity index (χ2v) is 5.11. The van der Waals surface area contributed by atoms with E-state index in [1.165, 1.54) is 5.69 Å². The van der Waals surface area contributed by atoms with Gasteiger partial charge in [0.1, 0.15) is 0 Å². The van der Waals surface area contributed by atoms with Gasteiger partial charge < -0.3 is 9.80 Å². The van der Waals surface area contributed by atoms with E-state index in [1.54, 1.807) is 0 Å². The normalized spacial score (nSPS) is 16.8. The highest BCUT2D eigenvalue weighted by atomic mass is 15.4. The molecule has 2 aromatic rings. The fraction of sp³-hybridized carbons (Fsp3) is 0.429. The molecule has 19 heavy (non-hydrogen) atoms. The van der Waals surface area contributed by atoms with E-state index >= 15 is 0 Å². The molecule has 100 valence electrons. The number of rotatable bonds is 2. The minimum Gasteiger partial charge on any atom is -0.369 e. The van der Waals surface area contributed by atoms with Gasteiger partial charge in [0.25, 0.3) is 0 Å². The summed E-state index contributed by atoms with van der Waals surface area (Å²) in [5, 5.41) is 8.10. The number of aryl methyl sites for hydroxylation is 1. The van der Waals surface area contributed by atoms with Crippen LogP contribution in [-0.4, -0.2) is 53.1 Å². The molecule has 1 fully saturated rings. The minimum absolute atomic E-state index is 0.933. The summed E-state index contributed by atoms with van der Waals surface area (Å²) in [6.07, 6.45) is 1.94. The predicted molar refractivity (Wildman–Crippen MR) is 75.8 cm³/mol. The Morgan fingerprint density at radius 3 is 2.16 bits per heavy atom. The van der Waals surface area contributed by atoms with Crippen LogP contribution in [0.5, 0.6) is 0 Å². The van der Waals surface area contributed by atoms with Gasteiger partial charge in [-0.15, -0.1) is 5.10 Å². The lowest BCUT2D eigenvalue weighted by Crippen LogP contribution is -2.44. The number of hydrogen-bond acceptors (Lipinski definition) is 4. The van der Waals surface area contributed by atoms with E-state index < -0.39 is 0 Å².